The van der Waals surface area contributed by atoms with Crippen LogP contribution in [0.5, 0.6) is 0 Å². The van der Waals surface area contributed by atoms with E-state index in [1.807, 2.05) is 43.3 Å². The van der Waals surface area contributed by atoms with Crippen LogP contribution in [-0.2, 0) is 4.79 Å². The van der Waals surface area contributed by atoms with E-state index >= 15 is 0 Å². The molecule has 0 fully saturated rings. The summed E-state index contributed by atoms with van der Waals surface area (Å²) in [5, 5.41) is 21.2. The summed E-state index contributed by atoms with van der Waals surface area (Å²) in [6, 6.07) is 15.6. The van der Waals surface area contributed by atoms with Gasteiger partial charge in [-0.15, -0.1) is 5.10 Å². The Morgan fingerprint density at radius 1 is 1.09 bits per heavy atom. The Morgan fingerprint density at radius 3 is 2.77 bits per heavy atom. The number of fused-ring (bicyclic) bond motifs is 4. The number of carbonyl (C=O) groups excluding carboxylic acids is 2. The third-order valence-corrected chi connectivity index (χ3v) is 7.98. The number of benzene rings is 2. The Hall–Kier alpha value is -4.90. The van der Waals surface area contributed by atoms with Crippen LogP contribution in [0.25, 0.3) is 28.1 Å². The molecule has 0 radical (unpaired) electrons. The van der Waals surface area contributed by atoms with Gasteiger partial charge in [0, 0.05) is 35.1 Å². The lowest BCUT2D eigenvalue weighted by Crippen LogP contribution is -2.30. The summed E-state index contributed by atoms with van der Waals surface area (Å²) < 4.78 is 15.9. The zero-order valence-corrected chi connectivity index (χ0v) is 24.2. The van der Waals surface area contributed by atoms with Gasteiger partial charge in [0.15, 0.2) is 11.5 Å². The molecule has 0 saturated heterocycles. The van der Waals surface area contributed by atoms with E-state index in [1.54, 1.807) is 25.4 Å². The van der Waals surface area contributed by atoms with E-state index in [9.17, 15) is 14.0 Å². The lowest BCUT2D eigenvalue weighted by molar-refractivity contribution is -0.119. The first-order valence-corrected chi connectivity index (χ1v) is 14.3. The highest BCUT2D eigenvalue weighted by molar-refractivity contribution is 6.30. The molecule has 2 atom stereocenters. The quantitative estimate of drug-likeness (QED) is 0.231. The van der Waals surface area contributed by atoms with Gasteiger partial charge in [0.25, 0.3) is 5.91 Å². The molecule has 0 aliphatic carbocycles. The topological polar surface area (TPSA) is 130 Å². The number of aromatic amines is 1. The van der Waals surface area contributed by atoms with Gasteiger partial charge in [0.2, 0.25) is 5.91 Å². The first kappa shape index (κ1) is 28.2. The van der Waals surface area contributed by atoms with Crippen LogP contribution in [0.4, 0.5) is 10.1 Å². The number of hydrogen-bond donors (Lipinski definition) is 3. The normalized spacial score (nSPS) is 16.9. The molecule has 12 heteroatoms. The summed E-state index contributed by atoms with van der Waals surface area (Å²) in [4.78, 5) is 31.3. The third-order valence-electron chi connectivity index (χ3n) is 7.69. The van der Waals surface area contributed by atoms with E-state index in [4.69, 9.17) is 11.6 Å². The number of pyridine rings is 1. The molecule has 5 aromatic rings. The van der Waals surface area contributed by atoms with Crippen LogP contribution >= 0.6 is 11.6 Å². The van der Waals surface area contributed by atoms with Crippen LogP contribution in [0.2, 0.25) is 5.02 Å². The van der Waals surface area contributed by atoms with Crippen LogP contribution in [0, 0.1) is 18.7 Å². The molecule has 2 amide bonds. The molecule has 43 heavy (non-hydrogen) atoms. The first-order chi connectivity index (χ1) is 20.8. The molecule has 0 spiro atoms. The minimum Gasteiger partial charge on any atom is -0.342 e. The average molecular weight is 599 g/mol. The molecule has 3 N–H and O–H groups in total. The predicted octanol–water partition coefficient (Wildman–Crippen LogP) is 6.05. The van der Waals surface area contributed by atoms with Gasteiger partial charge >= 0.3 is 0 Å². The van der Waals surface area contributed by atoms with Gasteiger partial charge in [-0.1, -0.05) is 48.4 Å². The molecule has 2 bridgehead atoms. The van der Waals surface area contributed by atoms with Crippen LogP contribution in [0.3, 0.4) is 0 Å². The predicted molar refractivity (Wildman–Crippen MR) is 160 cm³/mol. The number of amides is 2. The van der Waals surface area contributed by atoms with Crippen LogP contribution < -0.4 is 10.6 Å². The van der Waals surface area contributed by atoms with Gasteiger partial charge < -0.3 is 10.6 Å². The molecule has 218 valence electrons. The fourth-order valence-corrected chi connectivity index (χ4v) is 5.42. The SMILES string of the molecule is Cc1c(C(=O)NC2CCCC(C)C(=O)Nc3cc(-c4ccn[nH]4)ccc3-c3ccnc2c3)nnn1-c1cccc(Cl)c1F. The monoisotopic (exact) mass is 598 g/mol. The molecule has 2 aromatic carbocycles. The maximum Gasteiger partial charge on any atom is 0.274 e. The van der Waals surface area contributed by atoms with Gasteiger partial charge in [-0.25, -0.2) is 9.07 Å². The molecule has 6 rings (SSSR count). The second-order valence-electron chi connectivity index (χ2n) is 10.6. The zero-order valence-electron chi connectivity index (χ0n) is 23.4. The van der Waals surface area contributed by atoms with Crippen LogP contribution in [0.1, 0.15) is 54.1 Å². The fraction of sp³-hybridized carbons (Fsp3) is 0.226. The van der Waals surface area contributed by atoms with E-state index in [0.717, 1.165) is 22.4 Å². The molecule has 10 nitrogen and oxygen atoms in total. The molecule has 1 aliphatic heterocycles. The smallest absolute Gasteiger partial charge is 0.274 e. The number of nitrogens with zero attached hydrogens (tertiary/aromatic N) is 5. The van der Waals surface area contributed by atoms with E-state index in [-0.39, 0.29) is 28.2 Å². The van der Waals surface area contributed by atoms with Crippen molar-refractivity contribution in [1.29, 1.82) is 0 Å². The molecule has 3 aromatic heterocycles. The fourth-order valence-electron chi connectivity index (χ4n) is 5.25. The van der Waals surface area contributed by atoms with Gasteiger partial charge in [-0.05, 0) is 61.7 Å². The Morgan fingerprint density at radius 2 is 1.95 bits per heavy atom. The Kier molecular flexibility index (Phi) is 7.73. The van der Waals surface area contributed by atoms with Crippen molar-refractivity contribution in [1.82, 2.24) is 35.5 Å². The van der Waals surface area contributed by atoms with Gasteiger partial charge in [0.05, 0.1) is 28.1 Å². The number of hydrogen-bond acceptors (Lipinski definition) is 6. The maximum atomic E-state index is 14.7. The number of aromatic nitrogens is 6. The highest BCUT2D eigenvalue weighted by atomic mass is 35.5. The molecule has 1 aliphatic rings. The second kappa shape index (κ2) is 11.8. The number of halogens is 2. The van der Waals surface area contributed by atoms with E-state index in [0.29, 0.717) is 36.3 Å². The van der Waals surface area contributed by atoms with E-state index in [2.05, 4.69) is 36.1 Å². The highest BCUT2D eigenvalue weighted by Gasteiger charge is 2.25. The van der Waals surface area contributed by atoms with E-state index in [1.165, 1.54) is 16.8 Å². The van der Waals surface area contributed by atoms with Gasteiger partial charge in [-0.2, -0.15) is 5.10 Å². The van der Waals surface area contributed by atoms with Crippen LogP contribution in [-0.4, -0.2) is 42.0 Å². The van der Waals surface area contributed by atoms with Crippen molar-refractivity contribution in [2.24, 2.45) is 5.92 Å². The Labute approximate surface area is 251 Å². The molecule has 4 heterocycles. The van der Waals surface area contributed by atoms with E-state index < -0.39 is 17.8 Å². The summed E-state index contributed by atoms with van der Waals surface area (Å²) in [6.07, 6.45) is 5.18. The molecular weight excluding hydrogens is 571 g/mol. The van der Waals surface area contributed by atoms with Crippen molar-refractivity contribution in [2.45, 2.75) is 39.2 Å². The molecular formula is C31H28ClFN8O2. The summed E-state index contributed by atoms with van der Waals surface area (Å²) in [5.41, 5.74) is 5.23. The van der Waals surface area contributed by atoms with Crippen molar-refractivity contribution < 1.29 is 14.0 Å². The minimum absolute atomic E-state index is 0.0559. The Bertz CT molecular complexity index is 1820. The minimum atomic E-state index is -0.653. The summed E-state index contributed by atoms with van der Waals surface area (Å²) in [7, 11) is 0. The average Bonchev–Trinajstić information content (AvgIpc) is 3.68. The third kappa shape index (κ3) is 5.63. The lowest BCUT2D eigenvalue weighted by atomic mass is 9.94. The number of H-pyrrole nitrogens is 1. The largest absolute Gasteiger partial charge is 0.342 e. The Balaban J connectivity index is 1.34. The van der Waals surface area contributed by atoms with Gasteiger partial charge in [0.1, 0.15) is 5.69 Å². The van der Waals surface area contributed by atoms with Gasteiger partial charge in [-0.3, -0.25) is 19.7 Å². The second-order valence-corrected chi connectivity index (χ2v) is 11.0. The molecule has 0 saturated carbocycles. The summed E-state index contributed by atoms with van der Waals surface area (Å²) in [5.74, 6) is -1.47. The van der Waals surface area contributed by atoms with Crippen molar-refractivity contribution in [3.8, 4) is 28.1 Å². The van der Waals surface area contributed by atoms with Crippen molar-refractivity contribution in [3.05, 3.63) is 94.9 Å². The van der Waals surface area contributed by atoms with Crippen molar-refractivity contribution in [2.75, 3.05) is 5.32 Å². The maximum absolute atomic E-state index is 14.7. The van der Waals surface area contributed by atoms with Crippen molar-refractivity contribution >= 4 is 29.1 Å². The number of rotatable bonds is 4. The van der Waals surface area contributed by atoms with Crippen LogP contribution in [0.15, 0.2) is 67.0 Å². The number of anilines is 1. The van der Waals surface area contributed by atoms with Crippen molar-refractivity contribution in [3.63, 3.8) is 0 Å². The molecule has 2 unspecified atom stereocenters. The number of nitrogens with one attached hydrogen (secondary N) is 3. The summed E-state index contributed by atoms with van der Waals surface area (Å²) >= 11 is 5.95. The zero-order chi connectivity index (χ0) is 30.1. The standard InChI is InChI=1S/C31H28ClFN8O2/c1-17-5-3-7-24(36-31(43)29-18(2)41(40-39-29)27-8-4-6-22(32)28(27)33)26-15-19(11-13-34-26)21-10-9-20(23-12-14-35-38-23)16-25(21)37-30(17)42/h4,6,8-17,24H,3,5,7H2,1-2H3,(H,35,38)(H,36,43)(H,37,42). The number of carbonyl (C=O) groups is 2. The highest BCUT2D eigenvalue weighted by Crippen LogP contribution is 2.35. The lowest BCUT2D eigenvalue weighted by Gasteiger charge is -2.22. The first-order valence-electron chi connectivity index (χ1n) is 13.9. The summed E-state index contributed by atoms with van der Waals surface area (Å²) in [6.45, 7) is 3.53.